The zero-order valence-electron chi connectivity index (χ0n) is 11.2. The lowest BCUT2D eigenvalue weighted by atomic mass is 10.0. The number of aromatic nitrogens is 1. The Labute approximate surface area is 114 Å². The predicted molar refractivity (Wildman–Crippen MR) is 82.3 cm³/mol. The molecule has 0 amide bonds. The van der Waals surface area contributed by atoms with E-state index >= 15 is 0 Å². The summed E-state index contributed by atoms with van der Waals surface area (Å²) in [5.41, 5.74) is 8.61. The Balaban J connectivity index is 2.24. The van der Waals surface area contributed by atoms with Crippen LogP contribution < -0.4 is 5.73 Å². The second-order valence-electron chi connectivity index (χ2n) is 4.74. The minimum Gasteiger partial charge on any atom is -0.347 e. The summed E-state index contributed by atoms with van der Waals surface area (Å²) in [6.07, 6.45) is 3.15. The van der Waals surface area contributed by atoms with Crippen LogP contribution in [0.5, 0.6) is 0 Å². The van der Waals surface area contributed by atoms with Gasteiger partial charge in [0.25, 0.3) is 0 Å². The van der Waals surface area contributed by atoms with E-state index in [1.165, 1.54) is 28.0 Å². The summed E-state index contributed by atoms with van der Waals surface area (Å²) >= 11 is 1.99. The van der Waals surface area contributed by atoms with Crippen LogP contribution in [0.15, 0.2) is 30.5 Å². The molecule has 0 fully saturated rings. The number of hydrogen-bond donors (Lipinski definition) is 1. The molecule has 0 aliphatic heterocycles. The third-order valence-corrected chi connectivity index (χ3v) is 4.01. The first kappa shape index (κ1) is 13.5. The number of benzene rings is 1. The summed E-state index contributed by atoms with van der Waals surface area (Å²) in [7, 11) is 0. The van der Waals surface area contributed by atoms with Gasteiger partial charge < -0.3 is 10.3 Å². The van der Waals surface area contributed by atoms with Crippen LogP contribution in [0, 0.1) is 0 Å². The van der Waals surface area contributed by atoms with E-state index < -0.39 is 0 Å². The standard InChI is InChI=1S/C15H22N2S/c1-3-18-10-9-17-8-7-14-13(11-12(2)16)5-4-6-15(14)17/h4-8,12H,3,9-11,16H2,1-2H3. The molecular weight excluding hydrogens is 240 g/mol. The van der Waals surface area contributed by atoms with Crippen molar-refractivity contribution in [2.75, 3.05) is 11.5 Å². The van der Waals surface area contributed by atoms with E-state index in [1.807, 2.05) is 11.8 Å². The van der Waals surface area contributed by atoms with E-state index in [0.29, 0.717) is 0 Å². The van der Waals surface area contributed by atoms with Gasteiger partial charge in [0.05, 0.1) is 0 Å². The number of rotatable bonds is 6. The smallest absolute Gasteiger partial charge is 0.0483 e. The molecule has 0 spiro atoms. The van der Waals surface area contributed by atoms with Crippen molar-refractivity contribution in [3.8, 4) is 0 Å². The Morgan fingerprint density at radius 2 is 2.17 bits per heavy atom. The number of fused-ring (bicyclic) bond motifs is 1. The normalized spacial score (nSPS) is 13.1. The van der Waals surface area contributed by atoms with Crippen LogP contribution in [0.1, 0.15) is 19.4 Å². The quantitative estimate of drug-likeness (QED) is 0.810. The molecule has 1 aromatic carbocycles. The van der Waals surface area contributed by atoms with Gasteiger partial charge in [-0.1, -0.05) is 19.1 Å². The van der Waals surface area contributed by atoms with Gasteiger partial charge in [-0.2, -0.15) is 11.8 Å². The lowest BCUT2D eigenvalue weighted by Crippen LogP contribution is -2.17. The molecule has 2 aromatic rings. The molecule has 18 heavy (non-hydrogen) atoms. The van der Waals surface area contributed by atoms with Gasteiger partial charge in [0.15, 0.2) is 0 Å². The molecule has 98 valence electrons. The Bertz CT molecular complexity index is 502. The van der Waals surface area contributed by atoms with Gasteiger partial charge in [-0.05, 0) is 36.8 Å². The van der Waals surface area contributed by atoms with Crippen molar-refractivity contribution in [3.63, 3.8) is 0 Å². The highest BCUT2D eigenvalue weighted by atomic mass is 32.2. The third kappa shape index (κ3) is 3.09. The van der Waals surface area contributed by atoms with Crippen LogP contribution >= 0.6 is 11.8 Å². The summed E-state index contributed by atoms with van der Waals surface area (Å²) in [5, 5.41) is 1.36. The van der Waals surface area contributed by atoms with E-state index in [2.05, 4.69) is 48.9 Å². The van der Waals surface area contributed by atoms with Crippen LogP contribution in [0.25, 0.3) is 10.9 Å². The minimum atomic E-state index is 0.217. The highest BCUT2D eigenvalue weighted by Gasteiger charge is 2.06. The second kappa shape index (κ2) is 6.30. The summed E-state index contributed by atoms with van der Waals surface area (Å²) < 4.78 is 2.35. The fraction of sp³-hybridized carbons (Fsp3) is 0.467. The van der Waals surface area contributed by atoms with Crippen LogP contribution in [-0.2, 0) is 13.0 Å². The molecule has 1 atom stereocenters. The Morgan fingerprint density at radius 1 is 1.33 bits per heavy atom. The van der Waals surface area contributed by atoms with Crippen molar-refractivity contribution in [2.45, 2.75) is 32.9 Å². The molecular formula is C15H22N2S. The molecule has 2 nitrogen and oxygen atoms in total. The number of nitrogens with zero attached hydrogens (tertiary/aromatic N) is 1. The first-order valence-corrected chi connectivity index (χ1v) is 7.78. The van der Waals surface area contributed by atoms with Crippen molar-refractivity contribution in [1.29, 1.82) is 0 Å². The number of nitrogens with two attached hydrogens (primary N) is 1. The van der Waals surface area contributed by atoms with E-state index in [9.17, 15) is 0 Å². The maximum atomic E-state index is 5.91. The fourth-order valence-electron chi connectivity index (χ4n) is 2.31. The van der Waals surface area contributed by atoms with Crippen LogP contribution in [0.2, 0.25) is 0 Å². The number of thioether (sulfide) groups is 1. The molecule has 0 bridgehead atoms. The minimum absolute atomic E-state index is 0.217. The predicted octanol–water partition coefficient (Wildman–Crippen LogP) is 3.28. The molecule has 0 radical (unpaired) electrons. The van der Waals surface area contributed by atoms with Gasteiger partial charge >= 0.3 is 0 Å². The first-order chi connectivity index (χ1) is 8.72. The van der Waals surface area contributed by atoms with Gasteiger partial charge in [-0.25, -0.2) is 0 Å². The molecule has 0 aliphatic rings. The van der Waals surface area contributed by atoms with E-state index in [0.717, 1.165) is 13.0 Å². The zero-order valence-corrected chi connectivity index (χ0v) is 12.0. The van der Waals surface area contributed by atoms with Crippen LogP contribution in [0.3, 0.4) is 0 Å². The van der Waals surface area contributed by atoms with Crippen molar-refractivity contribution >= 4 is 22.7 Å². The average molecular weight is 262 g/mol. The van der Waals surface area contributed by atoms with Crippen molar-refractivity contribution in [2.24, 2.45) is 5.73 Å². The van der Waals surface area contributed by atoms with Gasteiger partial charge in [0.1, 0.15) is 0 Å². The molecule has 0 saturated heterocycles. The molecule has 1 aromatic heterocycles. The monoisotopic (exact) mass is 262 g/mol. The zero-order chi connectivity index (χ0) is 13.0. The molecule has 1 unspecified atom stereocenters. The van der Waals surface area contributed by atoms with Crippen molar-refractivity contribution in [1.82, 2.24) is 4.57 Å². The summed E-state index contributed by atoms with van der Waals surface area (Å²) in [6, 6.07) is 8.98. The average Bonchev–Trinajstić information content (AvgIpc) is 2.74. The first-order valence-electron chi connectivity index (χ1n) is 6.62. The topological polar surface area (TPSA) is 30.9 Å². The Hall–Kier alpha value is -0.930. The fourth-order valence-corrected chi connectivity index (χ4v) is 2.93. The maximum absolute atomic E-state index is 5.91. The highest BCUT2D eigenvalue weighted by molar-refractivity contribution is 7.99. The SMILES string of the molecule is CCSCCn1ccc2c(CC(C)N)cccc21. The van der Waals surface area contributed by atoms with Gasteiger partial charge in [-0.15, -0.1) is 0 Å². The molecule has 0 aliphatic carbocycles. The highest BCUT2D eigenvalue weighted by Crippen LogP contribution is 2.21. The largest absolute Gasteiger partial charge is 0.347 e. The lowest BCUT2D eigenvalue weighted by Gasteiger charge is -2.08. The number of aryl methyl sites for hydroxylation is 1. The summed E-state index contributed by atoms with van der Waals surface area (Å²) in [4.78, 5) is 0. The van der Waals surface area contributed by atoms with Gasteiger partial charge in [0.2, 0.25) is 0 Å². The summed E-state index contributed by atoms with van der Waals surface area (Å²) in [6.45, 7) is 5.36. The van der Waals surface area contributed by atoms with Crippen molar-refractivity contribution in [3.05, 3.63) is 36.0 Å². The van der Waals surface area contributed by atoms with E-state index in [1.54, 1.807) is 0 Å². The Kier molecular flexibility index (Phi) is 4.72. The molecule has 0 saturated carbocycles. The van der Waals surface area contributed by atoms with Crippen LogP contribution in [0.4, 0.5) is 0 Å². The van der Waals surface area contributed by atoms with Gasteiger partial charge in [-0.3, -0.25) is 0 Å². The summed E-state index contributed by atoms with van der Waals surface area (Å²) in [5.74, 6) is 2.37. The third-order valence-electron chi connectivity index (χ3n) is 3.13. The maximum Gasteiger partial charge on any atom is 0.0483 e. The van der Waals surface area contributed by atoms with E-state index in [4.69, 9.17) is 5.73 Å². The van der Waals surface area contributed by atoms with E-state index in [-0.39, 0.29) is 6.04 Å². The lowest BCUT2D eigenvalue weighted by molar-refractivity contribution is 0.741. The van der Waals surface area contributed by atoms with Crippen LogP contribution in [-0.4, -0.2) is 22.1 Å². The van der Waals surface area contributed by atoms with Crippen molar-refractivity contribution < 1.29 is 0 Å². The molecule has 1 heterocycles. The molecule has 2 N–H and O–H groups in total. The molecule has 2 rings (SSSR count). The molecule has 3 heteroatoms. The Morgan fingerprint density at radius 3 is 2.89 bits per heavy atom. The second-order valence-corrected chi connectivity index (χ2v) is 6.13. The number of hydrogen-bond acceptors (Lipinski definition) is 2. The van der Waals surface area contributed by atoms with Gasteiger partial charge in [0, 0.05) is 35.4 Å².